The molecule has 2 aromatic carbocycles. The summed E-state index contributed by atoms with van der Waals surface area (Å²) in [6.07, 6.45) is -1.26. The fourth-order valence-electron chi connectivity index (χ4n) is 3.77. The molecule has 0 aliphatic rings. The fourth-order valence-corrected chi connectivity index (χ4v) is 4.42. The van der Waals surface area contributed by atoms with Gasteiger partial charge in [-0.05, 0) is 47.9 Å². The van der Waals surface area contributed by atoms with Crippen molar-refractivity contribution in [1.82, 2.24) is 9.38 Å². The van der Waals surface area contributed by atoms with Gasteiger partial charge in [-0.15, -0.1) is 0 Å². The van der Waals surface area contributed by atoms with Gasteiger partial charge in [0.25, 0.3) is 0 Å². The highest BCUT2D eigenvalue weighted by Gasteiger charge is 2.35. The molecule has 0 saturated carbocycles. The van der Waals surface area contributed by atoms with Crippen LogP contribution < -0.4 is 4.74 Å². The number of nitrogens with zero attached hydrogens (tertiary/aromatic N) is 2. The van der Waals surface area contributed by atoms with Gasteiger partial charge in [-0.25, -0.2) is 4.98 Å². The van der Waals surface area contributed by atoms with E-state index in [9.17, 15) is 17.4 Å². The molecule has 0 aliphatic heterocycles. The Morgan fingerprint density at radius 1 is 1.03 bits per heavy atom. The van der Waals surface area contributed by atoms with E-state index in [-0.39, 0.29) is 11.6 Å². The summed E-state index contributed by atoms with van der Waals surface area (Å²) in [5, 5.41) is 0. The van der Waals surface area contributed by atoms with Crippen molar-refractivity contribution in [3.63, 3.8) is 0 Å². The molecule has 0 fully saturated rings. The predicted molar refractivity (Wildman–Crippen MR) is 124 cm³/mol. The van der Waals surface area contributed by atoms with Crippen LogP contribution in [0.3, 0.4) is 0 Å². The van der Waals surface area contributed by atoms with Crippen molar-refractivity contribution in [2.24, 2.45) is 0 Å². The molecule has 172 valence electrons. The first-order valence-electron chi connectivity index (χ1n) is 10.4. The zero-order chi connectivity index (χ0) is 23.8. The summed E-state index contributed by atoms with van der Waals surface area (Å²) in [6.45, 7) is 3.81. The summed E-state index contributed by atoms with van der Waals surface area (Å²) in [7, 11) is -0.970. The minimum absolute atomic E-state index is 0.0860. The lowest BCUT2D eigenvalue weighted by atomic mass is 10.0. The lowest BCUT2D eigenvalue weighted by molar-refractivity contribution is -0.136. The monoisotopic (exact) mass is 472 g/mol. The largest absolute Gasteiger partial charge is 0.457 e. The minimum atomic E-state index is -4.50. The van der Waals surface area contributed by atoms with E-state index in [2.05, 4.69) is 4.98 Å². The highest BCUT2D eigenvalue weighted by atomic mass is 32.2. The average molecular weight is 473 g/mol. The third-order valence-corrected chi connectivity index (χ3v) is 5.88. The Kier molecular flexibility index (Phi) is 6.30. The molecule has 4 aromatic rings. The number of aromatic nitrogens is 2. The lowest BCUT2D eigenvalue weighted by Crippen LogP contribution is -2.07. The Morgan fingerprint density at radius 2 is 1.73 bits per heavy atom. The molecule has 1 atom stereocenters. The summed E-state index contributed by atoms with van der Waals surface area (Å²) < 4.78 is 59.8. The van der Waals surface area contributed by atoms with E-state index in [1.54, 1.807) is 36.7 Å². The van der Waals surface area contributed by atoms with Gasteiger partial charge in [-0.3, -0.25) is 8.61 Å². The number of hydrogen-bond acceptors (Lipinski definition) is 3. The van der Waals surface area contributed by atoms with E-state index in [1.165, 1.54) is 10.5 Å². The van der Waals surface area contributed by atoms with Crippen molar-refractivity contribution in [2.75, 3.05) is 6.26 Å². The van der Waals surface area contributed by atoms with Crippen LogP contribution in [0.25, 0.3) is 16.9 Å². The molecule has 0 saturated heterocycles. The van der Waals surface area contributed by atoms with Crippen molar-refractivity contribution < 1.29 is 22.1 Å². The Morgan fingerprint density at radius 3 is 2.39 bits per heavy atom. The van der Waals surface area contributed by atoms with Gasteiger partial charge in [0.2, 0.25) is 0 Å². The molecule has 2 aromatic heterocycles. The van der Waals surface area contributed by atoms with Gasteiger partial charge in [0.1, 0.15) is 17.1 Å². The normalized spacial score (nSPS) is 12.9. The summed E-state index contributed by atoms with van der Waals surface area (Å²) in [6, 6.07) is 17.0. The van der Waals surface area contributed by atoms with Gasteiger partial charge in [-0.1, -0.05) is 38.1 Å². The Labute approximate surface area is 192 Å². The van der Waals surface area contributed by atoms with Gasteiger partial charge in [0.05, 0.1) is 17.0 Å². The molecule has 0 bridgehead atoms. The second kappa shape index (κ2) is 9.02. The van der Waals surface area contributed by atoms with E-state index in [4.69, 9.17) is 4.74 Å². The Balaban J connectivity index is 1.78. The molecule has 4 rings (SSSR count). The molecule has 8 heteroatoms. The van der Waals surface area contributed by atoms with E-state index < -0.39 is 22.5 Å². The summed E-state index contributed by atoms with van der Waals surface area (Å²) >= 11 is 0. The first-order valence-corrected chi connectivity index (χ1v) is 12.1. The topological polar surface area (TPSA) is 43.6 Å². The summed E-state index contributed by atoms with van der Waals surface area (Å²) in [5.74, 6) is 1.48. The maximum Gasteiger partial charge on any atom is 0.419 e. The van der Waals surface area contributed by atoms with Gasteiger partial charge >= 0.3 is 6.18 Å². The third kappa shape index (κ3) is 4.95. The SMILES string of the molecule is CC(C)c1nc2c(C(F)(F)F)cccn2c1-c1cccc(Oc2cccc(CS(C)=O)c2)c1. The summed E-state index contributed by atoms with van der Waals surface area (Å²) in [5.41, 5.74) is 1.90. The van der Waals surface area contributed by atoms with Gasteiger partial charge in [-0.2, -0.15) is 13.2 Å². The molecular weight excluding hydrogens is 449 g/mol. The van der Waals surface area contributed by atoms with Crippen LogP contribution in [0.5, 0.6) is 11.5 Å². The molecule has 33 heavy (non-hydrogen) atoms. The van der Waals surface area contributed by atoms with Crippen molar-refractivity contribution >= 4 is 16.4 Å². The van der Waals surface area contributed by atoms with E-state index in [0.717, 1.165) is 11.6 Å². The number of benzene rings is 2. The molecular formula is C25H23F3N2O2S. The number of halogens is 3. The van der Waals surface area contributed by atoms with Crippen LogP contribution in [0.15, 0.2) is 66.9 Å². The van der Waals surface area contributed by atoms with Crippen LogP contribution in [-0.2, 0) is 22.7 Å². The molecule has 2 heterocycles. The lowest BCUT2D eigenvalue weighted by Gasteiger charge is -2.12. The van der Waals surface area contributed by atoms with Crippen molar-refractivity contribution in [3.05, 3.63) is 83.7 Å². The van der Waals surface area contributed by atoms with E-state index in [1.807, 2.05) is 38.1 Å². The van der Waals surface area contributed by atoms with Gasteiger partial charge in [0.15, 0.2) is 0 Å². The Hall–Kier alpha value is -3.13. The zero-order valence-corrected chi connectivity index (χ0v) is 19.2. The van der Waals surface area contributed by atoms with Gasteiger partial charge in [0, 0.05) is 34.6 Å². The maximum absolute atomic E-state index is 13.6. The third-order valence-electron chi connectivity index (χ3n) is 5.14. The number of alkyl halides is 3. The predicted octanol–water partition coefficient (Wildman–Crippen LogP) is 6.81. The number of ether oxygens (including phenoxy) is 1. The first-order chi connectivity index (χ1) is 15.6. The molecule has 1 unspecified atom stereocenters. The highest BCUT2D eigenvalue weighted by molar-refractivity contribution is 7.83. The van der Waals surface area contributed by atoms with Gasteiger partial charge < -0.3 is 4.74 Å². The number of imidazole rings is 1. The number of hydrogen-bond donors (Lipinski definition) is 0. The second-order valence-corrected chi connectivity index (χ2v) is 9.54. The zero-order valence-electron chi connectivity index (χ0n) is 18.4. The highest BCUT2D eigenvalue weighted by Crippen LogP contribution is 2.38. The summed E-state index contributed by atoms with van der Waals surface area (Å²) in [4.78, 5) is 4.38. The first kappa shape index (κ1) is 23.0. The van der Waals surface area contributed by atoms with E-state index >= 15 is 0 Å². The quantitative estimate of drug-likeness (QED) is 0.309. The van der Waals surface area contributed by atoms with Crippen molar-refractivity contribution in [3.8, 4) is 22.8 Å². The molecule has 0 amide bonds. The molecule has 0 spiro atoms. The van der Waals surface area contributed by atoms with Crippen LogP contribution in [0.4, 0.5) is 13.2 Å². The van der Waals surface area contributed by atoms with Crippen LogP contribution in [0.1, 0.15) is 36.6 Å². The molecule has 0 aliphatic carbocycles. The number of pyridine rings is 1. The fraction of sp³-hybridized carbons (Fsp3) is 0.240. The smallest absolute Gasteiger partial charge is 0.419 e. The van der Waals surface area contributed by atoms with Crippen LogP contribution in [-0.4, -0.2) is 19.8 Å². The Bertz CT molecular complexity index is 1330. The minimum Gasteiger partial charge on any atom is -0.457 e. The molecule has 4 nitrogen and oxygen atoms in total. The standard InChI is InChI=1S/C25H23F3N2O2S/c1-16(2)22-23(30-12-6-11-21(24(30)29-22)25(26,27)28)18-8-5-10-20(14-18)32-19-9-4-7-17(13-19)15-33(3)31/h4-14,16H,15H2,1-3H3. The van der Waals surface area contributed by atoms with Crippen LogP contribution >= 0.6 is 0 Å². The average Bonchev–Trinajstić information content (AvgIpc) is 3.13. The van der Waals surface area contributed by atoms with Crippen LogP contribution in [0.2, 0.25) is 0 Å². The maximum atomic E-state index is 13.6. The number of rotatable bonds is 6. The van der Waals surface area contributed by atoms with Crippen molar-refractivity contribution in [1.29, 1.82) is 0 Å². The molecule has 0 radical (unpaired) electrons. The van der Waals surface area contributed by atoms with Crippen LogP contribution in [0, 0.1) is 0 Å². The van der Waals surface area contributed by atoms with Crippen molar-refractivity contribution in [2.45, 2.75) is 31.7 Å². The molecule has 0 N–H and O–H groups in total. The second-order valence-electron chi connectivity index (χ2n) is 8.11. The van der Waals surface area contributed by atoms with E-state index in [0.29, 0.717) is 34.2 Å². The number of fused-ring (bicyclic) bond motifs is 1.